The lowest BCUT2D eigenvalue weighted by Crippen LogP contribution is -2.05. The fourth-order valence-corrected chi connectivity index (χ4v) is 2.95. The molecule has 0 aromatic heterocycles. The number of hydrogen-bond acceptors (Lipinski definition) is 1. The number of ether oxygens (including phenoxy) is 1. The summed E-state index contributed by atoms with van der Waals surface area (Å²) in [7, 11) is 6.11. The van der Waals surface area contributed by atoms with Crippen molar-refractivity contribution >= 4 is 7.85 Å². The van der Waals surface area contributed by atoms with Crippen LogP contribution in [0.5, 0.6) is 5.75 Å². The lowest BCUT2D eigenvalue weighted by Gasteiger charge is -2.12. The molecule has 2 aromatic rings. The Labute approximate surface area is 123 Å². The molecule has 1 nitrogen and oxygen atoms in total. The number of benzene rings is 2. The number of aryl methyl sites for hydroxylation is 1. The fourth-order valence-electron chi connectivity index (χ4n) is 2.95. The Morgan fingerprint density at radius 3 is 2.29 bits per heavy atom. The maximum absolute atomic E-state index is 14.7. The average Bonchev–Trinajstić information content (AvgIpc) is 3.22. The van der Waals surface area contributed by atoms with E-state index < -0.39 is 11.6 Å². The molecule has 1 unspecified atom stereocenters. The maximum atomic E-state index is 14.7. The van der Waals surface area contributed by atoms with Gasteiger partial charge in [-0.15, -0.1) is 0 Å². The highest BCUT2D eigenvalue weighted by Gasteiger charge is 2.33. The SMILES string of the molecule is [B]C1c2c(ccc(C)c2F)-c2ccc(OC3CC3)c(F)c21. The number of hydrogen-bond donors (Lipinski definition) is 0. The summed E-state index contributed by atoms with van der Waals surface area (Å²) >= 11 is 0. The van der Waals surface area contributed by atoms with E-state index in [1.807, 2.05) is 0 Å². The number of fused-ring (bicyclic) bond motifs is 3. The van der Waals surface area contributed by atoms with Crippen LogP contribution < -0.4 is 4.74 Å². The predicted octanol–water partition coefficient (Wildman–Crippen LogP) is 4.05. The molecule has 21 heavy (non-hydrogen) atoms. The molecular weight excluding hydrogens is 269 g/mol. The maximum Gasteiger partial charge on any atom is 0.168 e. The van der Waals surface area contributed by atoms with E-state index in [2.05, 4.69) is 0 Å². The second-order valence-corrected chi connectivity index (χ2v) is 5.79. The minimum absolute atomic E-state index is 0.108. The van der Waals surface area contributed by atoms with Crippen LogP contribution in [0.2, 0.25) is 0 Å². The third-order valence-corrected chi connectivity index (χ3v) is 4.25. The van der Waals surface area contributed by atoms with E-state index >= 15 is 0 Å². The van der Waals surface area contributed by atoms with Crippen LogP contribution in [-0.4, -0.2) is 14.0 Å². The molecule has 104 valence electrons. The fraction of sp³-hybridized carbons (Fsp3) is 0.294. The van der Waals surface area contributed by atoms with Gasteiger partial charge in [-0.25, -0.2) is 8.78 Å². The quantitative estimate of drug-likeness (QED) is 0.755. The highest BCUT2D eigenvalue weighted by Crippen LogP contribution is 2.48. The largest absolute Gasteiger partial charge is 0.487 e. The van der Waals surface area contributed by atoms with Crippen molar-refractivity contribution in [2.75, 3.05) is 0 Å². The van der Waals surface area contributed by atoms with Gasteiger partial charge in [0.25, 0.3) is 0 Å². The van der Waals surface area contributed by atoms with Crippen LogP contribution in [0, 0.1) is 18.6 Å². The van der Waals surface area contributed by atoms with E-state index in [1.54, 1.807) is 31.2 Å². The Bertz CT molecular complexity index is 753. The molecule has 1 atom stereocenters. The Morgan fingerprint density at radius 2 is 1.62 bits per heavy atom. The summed E-state index contributed by atoms with van der Waals surface area (Å²) in [6.45, 7) is 1.68. The number of rotatable bonds is 2. The van der Waals surface area contributed by atoms with Crippen molar-refractivity contribution in [3.05, 3.63) is 52.6 Å². The molecule has 2 aliphatic carbocycles. The van der Waals surface area contributed by atoms with Gasteiger partial charge in [-0.2, -0.15) is 0 Å². The molecule has 0 aliphatic heterocycles. The van der Waals surface area contributed by atoms with Gasteiger partial charge in [0.15, 0.2) is 11.6 Å². The van der Waals surface area contributed by atoms with Crippen molar-refractivity contribution in [1.29, 1.82) is 0 Å². The first-order valence-corrected chi connectivity index (χ1v) is 7.12. The predicted molar refractivity (Wildman–Crippen MR) is 77.8 cm³/mol. The zero-order chi connectivity index (χ0) is 14.7. The van der Waals surface area contributed by atoms with Gasteiger partial charge in [-0.1, -0.05) is 18.2 Å². The summed E-state index contributed by atoms with van der Waals surface area (Å²) < 4.78 is 34.6. The average molecular weight is 282 g/mol. The van der Waals surface area contributed by atoms with Crippen LogP contribution in [0.1, 0.15) is 35.3 Å². The van der Waals surface area contributed by atoms with Crippen molar-refractivity contribution in [2.24, 2.45) is 0 Å². The van der Waals surface area contributed by atoms with Gasteiger partial charge in [0.2, 0.25) is 0 Å². The van der Waals surface area contributed by atoms with E-state index in [-0.39, 0.29) is 17.7 Å². The molecule has 2 radical (unpaired) electrons. The molecule has 0 amide bonds. The van der Waals surface area contributed by atoms with Gasteiger partial charge >= 0.3 is 0 Å². The lowest BCUT2D eigenvalue weighted by molar-refractivity contribution is 0.287. The standard InChI is InChI=1S/C17H13BF2O/c1-8-2-5-10-11-6-7-12(21-9-3-4-9)17(20)14(11)15(18)13(10)16(8)19/h2,5-7,9,15H,3-4H2,1H3. The van der Waals surface area contributed by atoms with Crippen LogP contribution >= 0.6 is 0 Å². The Hall–Kier alpha value is -1.84. The van der Waals surface area contributed by atoms with E-state index in [0.29, 0.717) is 27.8 Å². The van der Waals surface area contributed by atoms with E-state index in [4.69, 9.17) is 12.6 Å². The Balaban J connectivity index is 1.89. The van der Waals surface area contributed by atoms with Crippen LogP contribution in [0.3, 0.4) is 0 Å². The highest BCUT2D eigenvalue weighted by molar-refractivity contribution is 6.17. The Morgan fingerprint density at radius 1 is 1.00 bits per heavy atom. The second kappa shape index (κ2) is 4.33. The van der Waals surface area contributed by atoms with Crippen molar-refractivity contribution < 1.29 is 13.5 Å². The van der Waals surface area contributed by atoms with Gasteiger partial charge in [0.05, 0.1) is 14.0 Å². The van der Waals surface area contributed by atoms with Crippen molar-refractivity contribution in [3.8, 4) is 16.9 Å². The summed E-state index contributed by atoms with van der Waals surface area (Å²) in [5.41, 5.74) is 2.58. The van der Waals surface area contributed by atoms with Crippen LogP contribution in [0.4, 0.5) is 8.78 Å². The summed E-state index contributed by atoms with van der Waals surface area (Å²) in [5.74, 6) is -1.37. The Kier molecular flexibility index (Phi) is 2.65. The van der Waals surface area contributed by atoms with Crippen molar-refractivity contribution in [2.45, 2.75) is 31.7 Å². The van der Waals surface area contributed by atoms with Gasteiger partial charge in [-0.05, 0) is 59.5 Å². The normalized spacial score (nSPS) is 19.3. The zero-order valence-electron chi connectivity index (χ0n) is 11.6. The van der Waals surface area contributed by atoms with Crippen LogP contribution in [0.25, 0.3) is 11.1 Å². The molecule has 4 heteroatoms. The van der Waals surface area contributed by atoms with Gasteiger partial charge in [0, 0.05) is 0 Å². The molecule has 2 aliphatic rings. The van der Waals surface area contributed by atoms with Crippen molar-refractivity contribution in [1.82, 2.24) is 0 Å². The van der Waals surface area contributed by atoms with Crippen LogP contribution in [0.15, 0.2) is 24.3 Å². The first kappa shape index (κ1) is 12.9. The van der Waals surface area contributed by atoms with Gasteiger partial charge < -0.3 is 4.74 Å². The molecule has 1 fully saturated rings. The zero-order valence-corrected chi connectivity index (χ0v) is 11.6. The van der Waals surface area contributed by atoms with Gasteiger partial charge in [0.1, 0.15) is 5.82 Å². The third kappa shape index (κ3) is 1.81. The molecule has 4 rings (SSSR count). The smallest absolute Gasteiger partial charge is 0.168 e. The summed E-state index contributed by atoms with van der Waals surface area (Å²) in [6.07, 6.45) is 2.02. The molecule has 0 heterocycles. The monoisotopic (exact) mass is 282 g/mol. The lowest BCUT2D eigenvalue weighted by atomic mass is 9.78. The van der Waals surface area contributed by atoms with E-state index in [9.17, 15) is 8.78 Å². The van der Waals surface area contributed by atoms with E-state index in [1.165, 1.54) is 0 Å². The van der Waals surface area contributed by atoms with Gasteiger partial charge in [-0.3, -0.25) is 0 Å². The summed E-state index contributed by atoms with van der Waals surface area (Å²) in [4.78, 5) is 0. The highest BCUT2D eigenvalue weighted by atomic mass is 19.1. The minimum atomic E-state index is -0.780. The first-order valence-electron chi connectivity index (χ1n) is 7.12. The molecule has 0 saturated heterocycles. The van der Waals surface area contributed by atoms with E-state index in [0.717, 1.165) is 12.8 Å². The second-order valence-electron chi connectivity index (χ2n) is 5.79. The summed E-state index contributed by atoms with van der Waals surface area (Å²) in [5, 5.41) is 0. The first-order chi connectivity index (χ1) is 10.1. The summed E-state index contributed by atoms with van der Waals surface area (Å²) in [6, 6.07) is 6.89. The topological polar surface area (TPSA) is 9.23 Å². The molecule has 2 aromatic carbocycles. The number of halogens is 2. The molecule has 0 bridgehead atoms. The minimum Gasteiger partial charge on any atom is -0.487 e. The van der Waals surface area contributed by atoms with Crippen LogP contribution in [-0.2, 0) is 0 Å². The van der Waals surface area contributed by atoms with Crippen molar-refractivity contribution in [3.63, 3.8) is 0 Å². The third-order valence-electron chi connectivity index (χ3n) is 4.25. The molecule has 0 spiro atoms. The molecular formula is C17H13BF2O. The molecule has 0 N–H and O–H groups in total. The molecule has 1 saturated carbocycles.